The van der Waals surface area contributed by atoms with Crippen molar-refractivity contribution in [2.75, 3.05) is 6.61 Å². The van der Waals surface area contributed by atoms with E-state index >= 15 is 0 Å². The van der Waals surface area contributed by atoms with Crippen LogP contribution in [-0.2, 0) is 24.0 Å². The van der Waals surface area contributed by atoms with Crippen molar-refractivity contribution in [3.8, 4) is 0 Å². The lowest BCUT2D eigenvalue weighted by Gasteiger charge is -2.25. The summed E-state index contributed by atoms with van der Waals surface area (Å²) in [6.45, 7) is 3.43. The first-order chi connectivity index (χ1) is 10.3. The number of benzene rings is 1. The predicted octanol–water partition coefficient (Wildman–Crippen LogP) is 2.02. The molecule has 0 bridgehead atoms. The third-order valence-electron chi connectivity index (χ3n) is 3.73. The summed E-state index contributed by atoms with van der Waals surface area (Å²) in [4.78, 5) is 0. The third kappa shape index (κ3) is 3.82. The van der Waals surface area contributed by atoms with Crippen molar-refractivity contribution in [3.05, 3.63) is 35.6 Å². The van der Waals surface area contributed by atoms with Crippen LogP contribution in [0.1, 0.15) is 38.4 Å². The van der Waals surface area contributed by atoms with Crippen LogP contribution in [0.25, 0.3) is 0 Å². The molecule has 1 heterocycles. The molecule has 1 aliphatic heterocycles. The van der Waals surface area contributed by atoms with Gasteiger partial charge in [-0.25, -0.2) is 9.53 Å². The van der Waals surface area contributed by atoms with E-state index in [0.717, 1.165) is 0 Å². The van der Waals surface area contributed by atoms with Gasteiger partial charge in [-0.2, -0.15) is 8.42 Å². The minimum Gasteiger partial charge on any atom is -0.341 e. The molecule has 1 saturated heterocycles. The minimum absolute atomic E-state index is 0.300. The number of halogens is 1. The van der Waals surface area contributed by atoms with E-state index in [2.05, 4.69) is 4.18 Å². The first-order valence-corrected chi connectivity index (χ1v) is 8.54. The third-order valence-corrected chi connectivity index (χ3v) is 4.20. The Morgan fingerprint density at radius 3 is 2.45 bits per heavy atom. The van der Waals surface area contributed by atoms with E-state index in [1.165, 1.54) is 6.07 Å². The largest absolute Gasteiger partial charge is 0.341 e. The Balaban J connectivity index is 2.29. The maximum Gasteiger partial charge on any atom is 0.333 e. The summed E-state index contributed by atoms with van der Waals surface area (Å²) in [5.41, 5.74) is 0.300. The zero-order chi connectivity index (χ0) is 16.4. The summed E-state index contributed by atoms with van der Waals surface area (Å²) in [5.74, 6) is -1.33. The standard InChI is InChI=1S/C14H20FNO5S/c1-3-14(4-2)20-12(9-19-22(16,17)18)13(21-14)10-7-5-6-8-11(10)15/h5-8,12-13H,3-4,9H2,1-2H3,(H2,16,17,18)/t12-,13-/m0/s1. The van der Waals surface area contributed by atoms with Crippen LogP contribution in [0.3, 0.4) is 0 Å². The molecule has 0 aliphatic carbocycles. The van der Waals surface area contributed by atoms with Crippen molar-refractivity contribution in [2.45, 2.75) is 44.7 Å². The Morgan fingerprint density at radius 1 is 1.27 bits per heavy atom. The molecule has 0 saturated carbocycles. The van der Waals surface area contributed by atoms with Gasteiger partial charge in [-0.15, -0.1) is 0 Å². The van der Waals surface area contributed by atoms with Crippen LogP contribution in [0.15, 0.2) is 24.3 Å². The lowest BCUT2D eigenvalue weighted by atomic mass is 10.0. The van der Waals surface area contributed by atoms with E-state index in [1.54, 1.807) is 18.2 Å². The smallest absolute Gasteiger partial charge is 0.333 e. The molecule has 2 N–H and O–H groups in total. The van der Waals surface area contributed by atoms with Gasteiger partial charge in [0.25, 0.3) is 0 Å². The number of nitrogens with two attached hydrogens (primary N) is 1. The topological polar surface area (TPSA) is 87.9 Å². The molecule has 8 heteroatoms. The highest BCUT2D eigenvalue weighted by Crippen LogP contribution is 2.42. The Morgan fingerprint density at radius 2 is 1.91 bits per heavy atom. The molecule has 1 aromatic carbocycles. The maximum absolute atomic E-state index is 14.0. The van der Waals surface area contributed by atoms with Crippen LogP contribution in [0.5, 0.6) is 0 Å². The Labute approximate surface area is 129 Å². The molecule has 1 aliphatic rings. The fraction of sp³-hybridized carbons (Fsp3) is 0.571. The molecule has 0 aromatic heterocycles. The van der Waals surface area contributed by atoms with Gasteiger partial charge in [0.05, 0.1) is 6.61 Å². The first-order valence-electron chi connectivity index (χ1n) is 7.07. The summed E-state index contributed by atoms with van der Waals surface area (Å²) >= 11 is 0. The van der Waals surface area contributed by atoms with Crippen molar-refractivity contribution >= 4 is 10.3 Å². The van der Waals surface area contributed by atoms with Crippen LogP contribution in [-0.4, -0.2) is 26.9 Å². The quantitative estimate of drug-likeness (QED) is 0.860. The molecule has 1 aromatic rings. The monoisotopic (exact) mass is 333 g/mol. The number of ether oxygens (including phenoxy) is 2. The highest BCUT2D eigenvalue weighted by molar-refractivity contribution is 7.84. The van der Waals surface area contributed by atoms with Gasteiger partial charge in [-0.3, -0.25) is 4.18 Å². The van der Waals surface area contributed by atoms with Gasteiger partial charge >= 0.3 is 10.3 Å². The zero-order valence-electron chi connectivity index (χ0n) is 12.5. The summed E-state index contributed by atoms with van der Waals surface area (Å²) in [6.07, 6.45) is -0.446. The highest BCUT2D eigenvalue weighted by atomic mass is 32.2. The normalized spacial score (nSPS) is 24.5. The number of hydrogen-bond acceptors (Lipinski definition) is 5. The Bertz CT molecular complexity index is 617. The van der Waals surface area contributed by atoms with Gasteiger partial charge in [-0.1, -0.05) is 32.0 Å². The molecule has 0 amide bonds. The molecule has 0 spiro atoms. The van der Waals surface area contributed by atoms with Crippen molar-refractivity contribution in [2.24, 2.45) is 5.14 Å². The maximum atomic E-state index is 14.0. The van der Waals surface area contributed by atoms with Gasteiger partial charge < -0.3 is 9.47 Å². The van der Waals surface area contributed by atoms with Crippen LogP contribution in [0, 0.1) is 5.82 Å². The summed E-state index contributed by atoms with van der Waals surface area (Å²) in [7, 11) is -4.11. The molecule has 2 atom stereocenters. The molecular weight excluding hydrogens is 313 g/mol. The average Bonchev–Trinajstić information content (AvgIpc) is 2.85. The molecule has 0 unspecified atom stereocenters. The molecular formula is C14H20FNO5S. The molecule has 2 rings (SSSR count). The first kappa shape index (κ1) is 17.3. The van der Waals surface area contributed by atoms with Crippen LogP contribution >= 0.6 is 0 Å². The molecule has 124 valence electrons. The van der Waals surface area contributed by atoms with E-state index < -0.39 is 34.1 Å². The lowest BCUT2D eigenvalue weighted by Crippen LogP contribution is -2.31. The van der Waals surface area contributed by atoms with Gasteiger partial charge in [0.2, 0.25) is 0 Å². The second-order valence-corrected chi connectivity index (χ2v) is 6.33. The van der Waals surface area contributed by atoms with E-state index in [1.807, 2.05) is 13.8 Å². The SMILES string of the molecule is CCC1(CC)O[C@@H](COS(N)(=O)=O)[C@H](c2ccccc2F)O1. The number of hydrogen-bond donors (Lipinski definition) is 1. The Hall–Kier alpha value is -1.06. The van der Waals surface area contributed by atoms with E-state index in [-0.39, 0.29) is 6.61 Å². The zero-order valence-corrected chi connectivity index (χ0v) is 13.3. The van der Waals surface area contributed by atoms with Crippen molar-refractivity contribution < 1.29 is 26.5 Å². The summed E-state index contributed by atoms with van der Waals surface area (Å²) in [5, 5.41) is 4.84. The fourth-order valence-corrected chi connectivity index (χ4v) is 2.83. The lowest BCUT2D eigenvalue weighted by molar-refractivity contribution is -0.181. The number of rotatable bonds is 6. The summed E-state index contributed by atoms with van der Waals surface area (Å²) in [6, 6.07) is 6.14. The highest BCUT2D eigenvalue weighted by Gasteiger charge is 2.47. The van der Waals surface area contributed by atoms with E-state index in [9.17, 15) is 12.8 Å². The van der Waals surface area contributed by atoms with Crippen LogP contribution in [0.4, 0.5) is 4.39 Å². The van der Waals surface area contributed by atoms with Gasteiger partial charge in [0.15, 0.2) is 5.79 Å². The van der Waals surface area contributed by atoms with Crippen LogP contribution in [0.2, 0.25) is 0 Å². The van der Waals surface area contributed by atoms with Gasteiger partial charge in [0.1, 0.15) is 18.0 Å². The predicted molar refractivity (Wildman–Crippen MR) is 77.5 cm³/mol. The fourth-order valence-electron chi connectivity index (χ4n) is 2.51. The molecule has 22 heavy (non-hydrogen) atoms. The molecule has 1 fully saturated rings. The van der Waals surface area contributed by atoms with Crippen molar-refractivity contribution in [1.82, 2.24) is 0 Å². The second kappa shape index (κ2) is 6.59. The van der Waals surface area contributed by atoms with E-state index in [4.69, 9.17) is 14.6 Å². The second-order valence-electron chi connectivity index (χ2n) is 5.11. The van der Waals surface area contributed by atoms with E-state index in [0.29, 0.717) is 18.4 Å². The molecule has 6 nitrogen and oxygen atoms in total. The van der Waals surface area contributed by atoms with Crippen LogP contribution < -0.4 is 5.14 Å². The van der Waals surface area contributed by atoms with Crippen molar-refractivity contribution in [3.63, 3.8) is 0 Å². The Kier molecular flexibility index (Phi) is 5.18. The summed E-state index contributed by atoms with van der Waals surface area (Å²) < 4.78 is 52.4. The van der Waals surface area contributed by atoms with Gasteiger partial charge in [-0.05, 0) is 18.9 Å². The minimum atomic E-state index is -4.11. The van der Waals surface area contributed by atoms with Crippen molar-refractivity contribution in [1.29, 1.82) is 0 Å². The average molecular weight is 333 g/mol. The van der Waals surface area contributed by atoms with Gasteiger partial charge in [0, 0.05) is 5.56 Å². The molecule has 0 radical (unpaired) electrons.